The number of amides is 1. The third-order valence-corrected chi connectivity index (χ3v) is 2.12. The lowest BCUT2D eigenvalue weighted by Gasteiger charge is -2.32. The van der Waals surface area contributed by atoms with Crippen LogP contribution in [0.3, 0.4) is 0 Å². The Bertz CT molecular complexity index is 217. The summed E-state index contributed by atoms with van der Waals surface area (Å²) in [4.78, 5) is 11.6. The summed E-state index contributed by atoms with van der Waals surface area (Å²) in [6.07, 6.45) is -4.42. The van der Waals surface area contributed by atoms with Gasteiger partial charge in [-0.3, -0.25) is 4.79 Å². The van der Waals surface area contributed by atoms with Crippen molar-refractivity contribution in [3.05, 3.63) is 0 Å². The van der Waals surface area contributed by atoms with Crippen molar-refractivity contribution >= 4 is 5.91 Å². The summed E-state index contributed by atoms with van der Waals surface area (Å²) in [6, 6.07) is 0. The van der Waals surface area contributed by atoms with Gasteiger partial charge in [-0.25, -0.2) is 0 Å². The highest BCUT2D eigenvalue weighted by Gasteiger charge is 2.43. The molecule has 1 fully saturated rings. The van der Waals surface area contributed by atoms with Gasteiger partial charge in [0.05, 0.1) is 12.7 Å². The van der Waals surface area contributed by atoms with E-state index in [-0.39, 0.29) is 25.8 Å². The molecule has 1 unspecified atom stereocenters. The van der Waals surface area contributed by atoms with Crippen LogP contribution in [0.25, 0.3) is 0 Å². The first-order valence-corrected chi connectivity index (χ1v) is 4.43. The zero-order chi connectivity index (χ0) is 10.8. The molecule has 0 aromatic heterocycles. The van der Waals surface area contributed by atoms with Crippen LogP contribution in [0.15, 0.2) is 0 Å². The SMILES string of the molecule is CCC1CN(C(=O)C(F)(F)F)CCO1. The fourth-order valence-corrected chi connectivity index (χ4v) is 1.33. The molecule has 0 aromatic carbocycles. The molecule has 6 heteroatoms. The predicted molar refractivity (Wildman–Crippen MR) is 42.7 cm³/mol. The first kappa shape index (κ1) is 11.3. The molecule has 1 saturated heterocycles. The average Bonchev–Trinajstić information content (AvgIpc) is 2.15. The predicted octanol–water partition coefficient (Wildman–Crippen LogP) is 1.19. The Morgan fingerprint density at radius 1 is 1.57 bits per heavy atom. The van der Waals surface area contributed by atoms with E-state index in [4.69, 9.17) is 4.74 Å². The molecular formula is C8H12F3NO2. The van der Waals surface area contributed by atoms with Crippen LogP contribution in [0.2, 0.25) is 0 Å². The molecule has 0 aliphatic carbocycles. The first-order valence-electron chi connectivity index (χ1n) is 4.43. The number of morpholine rings is 1. The van der Waals surface area contributed by atoms with Crippen LogP contribution in [-0.4, -0.2) is 42.8 Å². The number of nitrogens with zero attached hydrogens (tertiary/aromatic N) is 1. The number of hydrogen-bond acceptors (Lipinski definition) is 2. The molecule has 0 radical (unpaired) electrons. The van der Waals surface area contributed by atoms with Gasteiger partial charge in [0.1, 0.15) is 0 Å². The molecule has 0 bridgehead atoms. The zero-order valence-corrected chi connectivity index (χ0v) is 7.80. The van der Waals surface area contributed by atoms with Gasteiger partial charge in [0, 0.05) is 13.1 Å². The molecule has 1 aliphatic rings. The highest BCUT2D eigenvalue weighted by molar-refractivity contribution is 5.81. The van der Waals surface area contributed by atoms with Gasteiger partial charge < -0.3 is 9.64 Å². The molecule has 3 nitrogen and oxygen atoms in total. The Labute approximate surface area is 79.8 Å². The van der Waals surface area contributed by atoms with E-state index in [0.29, 0.717) is 6.42 Å². The summed E-state index contributed by atoms with van der Waals surface area (Å²) in [7, 11) is 0. The molecule has 0 aromatic rings. The highest BCUT2D eigenvalue weighted by atomic mass is 19.4. The second kappa shape index (κ2) is 4.16. The lowest BCUT2D eigenvalue weighted by Crippen LogP contribution is -2.50. The van der Waals surface area contributed by atoms with Gasteiger partial charge in [-0.05, 0) is 6.42 Å². The zero-order valence-electron chi connectivity index (χ0n) is 7.80. The van der Waals surface area contributed by atoms with Crippen LogP contribution >= 0.6 is 0 Å². The van der Waals surface area contributed by atoms with Crippen molar-refractivity contribution in [2.24, 2.45) is 0 Å². The number of carbonyl (C=O) groups is 1. The fraction of sp³-hybridized carbons (Fsp3) is 0.875. The summed E-state index contributed by atoms with van der Waals surface area (Å²) in [5.41, 5.74) is 0. The molecular weight excluding hydrogens is 199 g/mol. The van der Waals surface area contributed by atoms with Crippen LogP contribution in [-0.2, 0) is 9.53 Å². The number of carbonyl (C=O) groups excluding carboxylic acids is 1. The minimum Gasteiger partial charge on any atom is -0.375 e. The monoisotopic (exact) mass is 211 g/mol. The van der Waals surface area contributed by atoms with Gasteiger partial charge in [0.25, 0.3) is 0 Å². The second-order valence-corrected chi connectivity index (χ2v) is 3.15. The third kappa shape index (κ3) is 2.60. The van der Waals surface area contributed by atoms with Crippen molar-refractivity contribution in [1.29, 1.82) is 0 Å². The summed E-state index contributed by atoms with van der Waals surface area (Å²) < 4.78 is 41.3. The molecule has 1 amide bonds. The van der Waals surface area contributed by atoms with Crippen LogP contribution in [0, 0.1) is 0 Å². The van der Waals surface area contributed by atoms with Crippen molar-refractivity contribution in [3.63, 3.8) is 0 Å². The average molecular weight is 211 g/mol. The molecule has 14 heavy (non-hydrogen) atoms. The topological polar surface area (TPSA) is 29.5 Å². The Morgan fingerprint density at radius 3 is 2.71 bits per heavy atom. The normalized spacial score (nSPS) is 23.7. The van der Waals surface area contributed by atoms with E-state index in [1.54, 1.807) is 0 Å². The molecule has 1 aliphatic heterocycles. The van der Waals surface area contributed by atoms with E-state index in [1.165, 1.54) is 0 Å². The third-order valence-electron chi connectivity index (χ3n) is 2.12. The van der Waals surface area contributed by atoms with Gasteiger partial charge in [-0.15, -0.1) is 0 Å². The number of hydrogen-bond donors (Lipinski definition) is 0. The molecule has 1 atom stereocenters. The van der Waals surface area contributed by atoms with Crippen LogP contribution in [0.4, 0.5) is 13.2 Å². The quantitative estimate of drug-likeness (QED) is 0.652. The Morgan fingerprint density at radius 2 is 2.21 bits per heavy atom. The van der Waals surface area contributed by atoms with E-state index in [0.717, 1.165) is 4.90 Å². The molecule has 1 heterocycles. The summed E-state index contributed by atoms with van der Waals surface area (Å²) >= 11 is 0. The van der Waals surface area contributed by atoms with Crippen molar-refractivity contribution in [3.8, 4) is 0 Å². The lowest BCUT2D eigenvalue weighted by atomic mass is 10.2. The van der Waals surface area contributed by atoms with E-state index in [1.807, 2.05) is 6.92 Å². The Hall–Kier alpha value is -0.780. The maximum Gasteiger partial charge on any atom is 0.471 e. The standard InChI is InChI=1S/C8H12F3NO2/c1-2-6-5-12(3-4-14-6)7(13)8(9,10)11/h6H,2-5H2,1H3. The maximum absolute atomic E-state index is 12.0. The van der Waals surface area contributed by atoms with Crippen molar-refractivity contribution in [2.45, 2.75) is 25.6 Å². The van der Waals surface area contributed by atoms with Crippen LogP contribution < -0.4 is 0 Å². The number of halogens is 3. The minimum absolute atomic E-state index is 0.0227. The minimum atomic E-state index is -4.77. The van der Waals surface area contributed by atoms with Gasteiger partial charge in [-0.1, -0.05) is 6.92 Å². The van der Waals surface area contributed by atoms with Gasteiger partial charge in [0.15, 0.2) is 0 Å². The summed E-state index contributed by atoms with van der Waals surface area (Å²) in [6.45, 7) is 2.05. The van der Waals surface area contributed by atoms with E-state index < -0.39 is 12.1 Å². The van der Waals surface area contributed by atoms with Crippen LogP contribution in [0.5, 0.6) is 0 Å². The molecule has 82 valence electrons. The smallest absolute Gasteiger partial charge is 0.375 e. The first-order chi connectivity index (χ1) is 6.45. The van der Waals surface area contributed by atoms with Crippen molar-refractivity contribution < 1.29 is 22.7 Å². The van der Waals surface area contributed by atoms with Gasteiger partial charge >= 0.3 is 12.1 Å². The highest BCUT2D eigenvalue weighted by Crippen LogP contribution is 2.20. The van der Waals surface area contributed by atoms with Crippen molar-refractivity contribution in [1.82, 2.24) is 4.90 Å². The number of alkyl halides is 3. The molecule has 0 saturated carbocycles. The Balaban J connectivity index is 2.56. The van der Waals surface area contributed by atoms with Crippen molar-refractivity contribution in [2.75, 3.05) is 19.7 Å². The van der Waals surface area contributed by atoms with Gasteiger partial charge in [-0.2, -0.15) is 13.2 Å². The molecule has 1 rings (SSSR count). The number of ether oxygens (including phenoxy) is 1. The molecule has 0 N–H and O–H groups in total. The maximum atomic E-state index is 12.0. The van der Waals surface area contributed by atoms with Crippen LogP contribution in [0.1, 0.15) is 13.3 Å². The van der Waals surface area contributed by atoms with E-state index >= 15 is 0 Å². The lowest BCUT2D eigenvalue weighted by molar-refractivity contribution is -0.191. The fourth-order valence-electron chi connectivity index (χ4n) is 1.33. The van der Waals surface area contributed by atoms with E-state index in [9.17, 15) is 18.0 Å². The number of rotatable bonds is 1. The second-order valence-electron chi connectivity index (χ2n) is 3.15. The van der Waals surface area contributed by atoms with E-state index in [2.05, 4.69) is 0 Å². The molecule has 0 spiro atoms. The van der Waals surface area contributed by atoms with Gasteiger partial charge in [0.2, 0.25) is 0 Å². The summed E-state index contributed by atoms with van der Waals surface area (Å²) in [5.74, 6) is -1.76. The largest absolute Gasteiger partial charge is 0.471 e. The summed E-state index contributed by atoms with van der Waals surface area (Å²) in [5, 5.41) is 0. The Kier molecular flexibility index (Phi) is 3.36.